The summed E-state index contributed by atoms with van der Waals surface area (Å²) in [5.41, 5.74) is 0.134. The summed E-state index contributed by atoms with van der Waals surface area (Å²) >= 11 is 3.04. The van der Waals surface area contributed by atoms with Crippen LogP contribution >= 0.6 is 15.9 Å². The summed E-state index contributed by atoms with van der Waals surface area (Å²) in [7, 11) is 1.35. The third kappa shape index (κ3) is 2.04. The molecule has 76 valence electrons. The van der Waals surface area contributed by atoms with Gasteiger partial charge in [-0.2, -0.15) is 0 Å². The zero-order chi connectivity index (χ0) is 10.7. The lowest BCUT2D eigenvalue weighted by Crippen LogP contribution is -1.95. The minimum absolute atomic E-state index is 0.110. The van der Waals surface area contributed by atoms with Gasteiger partial charge in [-0.25, -0.2) is 4.39 Å². The van der Waals surface area contributed by atoms with E-state index in [4.69, 9.17) is 4.74 Å². The number of carbonyl (C=O) groups excluding carboxylic acids is 1. The monoisotopic (exact) mass is 262 g/mol. The highest BCUT2D eigenvalue weighted by atomic mass is 79.9. The zero-order valence-electron chi connectivity index (χ0n) is 7.33. The lowest BCUT2D eigenvalue weighted by atomic mass is 10.1. The fourth-order valence-electron chi connectivity index (χ4n) is 1.01. The molecule has 0 radical (unpaired) electrons. The Balaban J connectivity index is 3.23. The molecule has 3 nitrogen and oxygen atoms in total. The van der Waals surface area contributed by atoms with Gasteiger partial charge < -0.3 is 9.84 Å². The highest BCUT2D eigenvalue weighted by Gasteiger charge is 2.15. The normalized spacial score (nSPS) is 12.2. The van der Waals surface area contributed by atoms with Gasteiger partial charge in [-0.15, -0.1) is 0 Å². The first-order valence-electron chi connectivity index (χ1n) is 3.76. The lowest BCUT2D eigenvalue weighted by molar-refractivity contribution is -0.112. The van der Waals surface area contributed by atoms with E-state index < -0.39 is 6.17 Å². The van der Waals surface area contributed by atoms with Gasteiger partial charge in [0.2, 0.25) is 0 Å². The Morgan fingerprint density at radius 3 is 2.79 bits per heavy atom. The van der Waals surface area contributed by atoms with E-state index in [1.807, 2.05) is 0 Å². The molecule has 0 aliphatic rings. The number of phenols is 1. The smallest absolute Gasteiger partial charge is 0.181 e. The van der Waals surface area contributed by atoms with E-state index in [1.165, 1.54) is 19.2 Å². The second-order valence-electron chi connectivity index (χ2n) is 2.58. The molecule has 0 amide bonds. The molecular weight excluding hydrogens is 255 g/mol. The summed E-state index contributed by atoms with van der Waals surface area (Å²) in [5.74, 6) is 0.0222. The van der Waals surface area contributed by atoms with Crippen molar-refractivity contribution in [2.45, 2.75) is 6.17 Å². The Hall–Kier alpha value is -1.10. The van der Waals surface area contributed by atoms with E-state index in [0.29, 0.717) is 4.47 Å². The summed E-state index contributed by atoms with van der Waals surface area (Å²) in [6.07, 6.45) is -1.55. The first kappa shape index (κ1) is 11.0. The van der Waals surface area contributed by atoms with Gasteiger partial charge in [-0.3, -0.25) is 4.79 Å². The van der Waals surface area contributed by atoms with E-state index in [9.17, 15) is 14.3 Å². The predicted octanol–water partition coefficient (Wildman–Crippen LogP) is 2.37. The van der Waals surface area contributed by atoms with Crippen molar-refractivity contribution in [1.29, 1.82) is 0 Å². The molecule has 1 aromatic carbocycles. The third-order valence-electron chi connectivity index (χ3n) is 1.71. The van der Waals surface area contributed by atoms with Crippen LogP contribution in [0.5, 0.6) is 11.5 Å². The number of aromatic hydroxyl groups is 1. The van der Waals surface area contributed by atoms with Gasteiger partial charge >= 0.3 is 0 Å². The molecule has 1 rings (SSSR count). The van der Waals surface area contributed by atoms with Crippen molar-refractivity contribution in [2.75, 3.05) is 7.11 Å². The van der Waals surface area contributed by atoms with Crippen molar-refractivity contribution < 1.29 is 19.0 Å². The highest BCUT2D eigenvalue weighted by molar-refractivity contribution is 9.10. The molecule has 0 bridgehead atoms. The van der Waals surface area contributed by atoms with E-state index >= 15 is 0 Å². The summed E-state index contributed by atoms with van der Waals surface area (Å²) in [6, 6.07) is 2.56. The summed E-state index contributed by atoms with van der Waals surface area (Å²) in [5, 5.41) is 9.30. The third-order valence-corrected chi connectivity index (χ3v) is 2.40. The number of aldehydes is 1. The molecule has 0 fully saturated rings. The summed E-state index contributed by atoms with van der Waals surface area (Å²) in [6.45, 7) is 0. The van der Waals surface area contributed by atoms with Crippen LogP contribution in [0.3, 0.4) is 0 Å². The van der Waals surface area contributed by atoms with Crippen molar-refractivity contribution in [3.8, 4) is 11.5 Å². The molecule has 0 aliphatic heterocycles. The van der Waals surface area contributed by atoms with Gasteiger partial charge in [0.05, 0.1) is 7.11 Å². The maximum absolute atomic E-state index is 13.0. The first-order valence-corrected chi connectivity index (χ1v) is 4.55. The minimum Gasteiger partial charge on any atom is -0.504 e. The number of ether oxygens (including phenoxy) is 1. The highest BCUT2D eigenvalue weighted by Crippen LogP contribution is 2.35. The molecule has 0 aliphatic carbocycles. The van der Waals surface area contributed by atoms with Crippen molar-refractivity contribution in [2.24, 2.45) is 0 Å². The lowest BCUT2D eigenvalue weighted by Gasteiger charge is -2.09. The molecule has 1 N–H and O–H groups in total. The van der Waals surface area contributed by atoms with E-state index in [2.05, 4.69) is 15.9 Å². The number of phenolic OH excluding ortho intramolecular Hbond substituents is 1. The molecule has 1 aromatic rings. The summed E-state index contributed by atoms with van der Waals surface area (Å²) in [4.78, 5) is 10.2. The van der Waals surface area contributed by atoms with Crippen LogP contribution in [0.15, 0.2) is 16.6 Å². The largest absolute Gasteiger partial charge is 0.504 e. The van der Waals surface area contributed by atoms with Gasteiger partial charge in [-0.05, 0) is 12.1 Å². The van der Waals surface area contributed by atoms with E-state index in [-0.39, 0.29) is 23.3 Å². The number of hydrogen-bond acceptors (Lipinski definition) is 3. The Morgan fingerprint density at radius 2 is 2.29 bits per heavy atom. The average Bonchev–Trinajstić information content (AvgIpc) is 2.17. The average molecular weight is 263 g/mol. The van der Waals surface area contributed by atoms with Crippen LogP contribution < -0.4 is 4.74 Å². The van der Waals surface area contributed by atoms with Gasteiger partial charge in [-0.1, -0.05) is 15.9 Å². The number of halogens is 2. The molecule has 0 heterocycles. The second kappa shape index (κ2) is 4.41. The van der Waals surface area contributed by atoms with Crippen LogP contribution in [-0.4, -0.2) is 18.5 Å². The predicted molar refractivity (Wildman–Crippen MR) is 52.3 cm³/mol. The standard InChI is InChI=1S/C9H8BrFO3/c1-14-9-2-5(7(11)4-12)6(10)3-8(9)13/h2-4,7,13H,1H3. The van der Waals surface area contributed by atoms with Crippen LogP contribution in [0, 0.1) is 0 Å². The maximum Gasteiger partial charge on any atom is 0.181 e. The molecule has 5 heteroatoms. The van der Waals surface area contributed by atoms with E-state index in [0.717, 1.165) is 0 Å². The Labute approximate surface area is 88.6 Å². The molecular formula is C9H8BrFO3. The maximum atomic E-state index is 13.0. The van der Waals surface area contributed by atoms with Gasteiger partial charge in [0.15, 0.2) is 24.0 Å². The SMILES string of the molecule is COc1cc(C(F)C=O)c(Br)cc1O. The van der Waals surface area contributed by atoms with Crippen molar-refractivity contribution >= 4 is 22.2 Å². The molecule has 1 unspecified atom stereocenters. The fourth-order valence-corrected chi connectivity index (χ4v) is 1.56. The Kier molecular flexibility index (Phi) is 3.46. The fraction of sp³-hybridized carbons (Fsp3) is 0.222. The number of benzene rings is 1. The van der Waals surface area contributed by atoms with Gasteiger partial charge in [0.1, 0.15) is 0 Å². The summed E-state index contributed by atoms with van der Waals surface area (Å²) < 4.78 is 18.1. The van der Waals surface area contributed by atoms with Crippen molar-refractivity contribution in [3.05, 3.63) is 22.2 Å². The molecule has 0 saturated heterocycles. The van der Waals surface area contributed by atoms with Crippen LogP contribution in [-0.2, 0) is 4.79 Å². The molecule has 1 atom stereocenters. The number of alkyl halides is 1. The van der Waals surface area contributed by atoms with Crippen molar-refractivity contribution in [3.63, 3.8) is 0 Å². The number of rotatable bonds is 3. The van der Waals surface area contributed by atoms with Gasteiger partial charge in [0, 0.05) is 10.0 Å². The quantitative estimate of drug-likeness (QED) is 0.851. The second-order valence-corrected chi connectivity index (χ2v) is 3.44. The van der Waals surface area contributed by atoms with Crippen LogP contribution in [0.4, 0.5) is 4.39 Å². The van der Waals surface area contributed by atoms with Crippen LogP contribution in [0.25, 0.3) is 0 Å². The van der Waals surface area contributed by atoms with Crippen LogP contribution in [0.2, 0.25) is 0 Å². The Bertz CT molecular complexity index is 354. The molecule has 0 spiro atoms. The molecule has 14 heavy (non-hydrogen) atoms. The number of methoxy groups -OCH3 is 1. The first-order chi connectivity index (χ1) is 6.60. The van der Waals surface area contributed by atoms with Crippen LogP contribution in [0.1, 0.15) is 11.7 Å². The molecule has 0 aromatic heterocycles. The molecule has 0 saturated carbocycles. The zero-order valence-corrected chi connectivity index (χ0v) is 8.92. The Morgan fingerprint density at radius 1 is 1.64 bits per heavy atom. The number of carbonyl (C=O) groups is 1. The van der Waals surface area contributed by atoms with E-state index in [1.54, 1.807) is 0 Å². The topological polar surface area (TPSA) is 46.5 Å². The van der Waals surface area contributed by atoms with Gasteiger partial charge in [0.25, 0.3) is 0 Å². The minimum atomic E-state index is -1.72. The van der Waals surface area contributed by atoms with Crippen molar-refractivity contribution in [1.82, 2.24) is 0 Å². The number of hydrogen-bond donors (Lipinski definition) is 1.